The zero-order valence-corrected chi connectivity index (χ0v) is 15.5. The van der Waals surface area contributed by atoms with E-state index in [-0.39, 0.29) is 19.1 Å². The number of benzene rings is 1. The molecular formula is C18H21N7O3. The van der Waals surface area contributed by atoms with Crippen LogP contribution in [0.4, 0.5) is 5.82 Å². The summed E-state index contributed by atoms with van der Waals surface area (Å²) in [6, 6.07) is 7.42. The summed E-state index contributed by atoms with van der Waals surface area (Å²) in [5, 5.41) is 20.4. The maximum Gasteiger partial charge on any atom is 0.241 e. The molecule has 4 rings (SSSR count). The van der Waals surface area contributed by atoms with E-state index in [2.05, 4.69) is 25.5 Å². The van der Waals surface area contributed by atoms with Gasteiger partial charge in [-0.15, -0.1) is 5.10 Å². The molecule has 1 amide bonds. The lowest BCUT2D eigenvalue weighted by atomic mass is 10.1. The maximum atomic E-state index is 11.9. The van der Waals surface area contributed by atoms with Crippen molar-refractivity contribution in [2.75, 3.05) is 38.3 Å². The first-order valence-corrected chi connectivity index (χ1v) is 9.04. The van der Waals surface area contributed by atoms with Crippen LogP contribution in [0.5, 0.6) is 0 Å². The fourth-order valence-electron chi connectivity index (χ4n) is 3.10. The van der Waals surface area contributed by atoms with Gasteiger partial charge in [-0.05, 0) is 11.6 Å². The number of likely N-dealkylation sites (N-methyl/N-ethyl adjacent to an activating group) is 1. The van der Waals surface area contributed by atoms with E-state index in [1.54, 1.807) is 7.05 Å². The van der Waals surface area contributed by atoms with Gasteiger partial charge >= 0.3 is 0 Å². The van der Waals surface area contributed by atoms with Gasteiger partial charge in [-0.2, -0.15) is 0 Å². The summed E-state index contributed by atoms with van der Waals surface area (Å²) in [6.07, 6.45) is 0. The number of amides is 1. The standard InChI is InChI=1S/C18H21N7O3/c1-19-14(27)10-25-18-15(22-23-25)17(24-5-7-28-8-6-24)20-16(21-18)13-4-2-3-12(9-13)11-26/h2-4,9,26H,5-8,10-11H2,1H3,(H,19,27). The first kappa shape index (κ1) is 18.3. The summed E-state index contributed by atoms with van der Waals surface area (Å²) in [5.41, 5.74) is 2.58. The molecule has 146 valence electrons. The number of ether oxygens (including phenoxy) is 1. The van der Waals surface area contributed by atoms with Crippen molar-refractivity contribution in [3.63, 3.8) is 0 Å². The lowest BCUT2D eigenvalue weighted by Gasteiger charge is -2.28. The summed E-state index contributed by atoms with van der Waals surface area (Å²) >= 11 is 0. The van der Waals surface area contributed by atoms with Gasteiger partial charge in [-0.25, -0.2) is 14.6 Å². The number of hydrogen-bond acceptors (Lipinski definition) is 8. The van der Waals surface area contributed by atoms with Crippen LogP contribution in [0, 0.1) is 0 Å². The zero-order chi connectivity index (χ0) is 19.5. The smallest absolute Gasteiger partial charge is 0.241 e. The minimum Gasteiger partial charge on any atom is -0.392 e. The molecule has 0 radical (unpaired) electrons. The second-order valence-corrected chi connectivity index (χ2v) is 6.42. The van der Waals surface area contributed by atoms with Crippen LogP contribution in [-0.4, -0.2) is 69.3 Å². The molecule has 3 heterocycles. The number of anilines is 1. The van der Waals surface area contributed by atoms with E-state index in [1.807, 2.05) is 24.3 Å². The second-order valence-electron chi connectivity index (χ2n) is 6.42. The Morgan fingerprint density at radius 1 is 1.29 bits per heavy atom. The Balaban J connectivity index is 1.86. The Morgan fingerprint density at radius 2 is 2.11 bits per heavy atom. The molecule has 0 unspecified atom stereocenters. The van der Waals surface area contributed by atoms with Crippen LogP contribution in [-0.2, 0) is 22.7 Å². The van der Waals surface area contributed by atoms with Crippen molar-refractivity contribution in [1.82, 2.24) is 30.3 Å². The molecule has 1 aliphatic rings. The van der Waals surface area contributed by atoms with Gasteiger partial charge in [0.1, 0.15) is 6.54 Å². The van der Waals surface area contributed by atoms with Gasteiger partial charge in [-0.3, -0.25) is 4.79 Å². The van der Waals surface area contributed by atoms with Crippen molar-refractivity contribution in [2.24, 2.45) is 0 Å². The van der Waals surface area contributed by atoms with Gasteiger partial charge < -0.3 is 20.1 Å². The van der Waals surface area contributed by atoms with Gasteiger partial charge in [0.2, 0.25) is 5.91 Å². The Kier molecular flexibility index (Phi) is 5.13. The number of nitrogens with zero attached hydrogens (tertiary/aromatic N) is 6. The molecule has 10 heteroatoms. The molecule has 10 nitrogen and oxygen atoms in total. The minimum absolute atomic E-state index is 0.0166. The number of carbonyl (C=O) groups is 1. The van der Waals surface area contributed by atoms with E-state index in [4.69, 9.17) is 9.72 Å². The summed E-state index contributed by atoms with van der Waals surface area (Å²) in [6.45, 7) is 2.53. The van der Waals surface area contributed by atoms with Crippen molar-refractivity contribution >= 4 is 22.9 Å². The highest BCUT2D eigenvalue weighted by Crippen LogP contribution is 2.27. The van der Waals surface area contributed by atoms with Crippen LogP contribution in [0.3, 0.4) is 0 Å². The van der Waals surface area contributed by atoms with E-state index in [0.717, 1.165) is 11.1 Å². The highest BCUT2D eigenvalue weighted by Gasteiger charge is 2.22. The summed E-state index contributed by atoms with van der Waals surface area (Å²) in [7, 11) is 1.57. The number of rotatable bonds is 5. The normalized spacial score (nSPS) is 14.4. The average molecular weight is 383 g/mol. The Labute approximate surface area is 161 Å². The maximum absolute atomic E-state index is 11.9. The molecule has 0 spiro atoms. The van der Waals surface area contributed by atoms with Crippen molar-refractivity contribution in [2.45, 2.75) is 13.2 Å². The predicted molar refractivity (Wildman–Crippen MR) is 102 cm³/mol. The number of hydrogen-bond donors (Lipinski definition) is 2. The molecule has 28 heavy (non-hydrogen) atoms. The lowest BCUT2D eigenvalue weighted by Crippen LogP contribution is -2.37. The molecule has 1 saturated heterocycles. The lowest BCUT2D eigenvalue weighted by molar-refractivity contribution is -0.121. The van der Waals surface area contributed by atoms with Crippen molar-refractivity contribution < 1.29 is 14.6 Å². The molecule has 1 aliphatic heterocycles. The molecule has 2 aromatic heterocycles. The van der Waals surface area contributed by atoms with E-state index in [1.165, 1.54) is 4.68 Å². The van der Waals surface area contributed by atoms with E-state index in [9.17, 15) is 9.90 Å². The van der Waals surface area contributed by atoms with Crippen molar-refractivity contribution in [3.8, 4) is 11.4 Å². The molecule has 2 N–H and O–H groups in total. The number of fused-ring (bicyclic) bond motifs is 1. The number of aliphatic hydroxyl groups excluding tert-OH is 1. The fraction of sp³-hybridized carbons (Fsp3) is 0.389. The number of carbonyl (C=O) groups excluding carboxylic acids is 1. The summed E-state index contributed by atoms with van der Waals surface area (Å²) < 4.78 is 6.92. The Bertz CT molecular complexity index is 998. The highest BCUT2D eigenvalue weighted by atomic mass is 16.5. The monoisotopic (exact) mass is 383 g/mol. The number of aliphatic hydroxyl groups is 1. The SMILES string of the molecule is CNC(=O)Cn1nnc2c(N3CCOCC3)nc(-c3cccc(CO)c3)nc21. The van der Waals surface area contributed by atoms with Crippen LogP contribution >= 0.6 is 0 Å². The average Bonchev–Trinajstić information content (AvgIpc) is 3.16. The molecule has 1 fully saturated rings. The number of aromatic nitrogens is 5. The molecular weight excluding hydrogens is 362 g/mol. The first-order valence-electron chi connectivity index (χ1n) is 9.04. The second kappa shape index (κ2) is 7.87. The summed E-state index contributed by atoms with van der Waals surface area (Å²) in [4.78, 5) is 23.3. The zero-order valence-electron chi connectivity index (χ0n) is 15.5. The largest absolute Gasteiger partial charge is 0.392 e. The third-order valence-corrected chi connectivity index (χ3v) is 4.59. The fourth-order valence-corrected chi connectivity index (χ4v) is 3.10. The molecule has 0 bridgehead atoms. The van der Waals surface area contributed by atoms with Crippen LogP contribution < -0.4 is 10.2 Å². The molecule has 0 saturated carbocycles. The Hall–Kier alpha value is -3.11. The van der Waals surface area contributed by atoms with Gasteiger partial charge in [-0.1, -0.05) is 23.4 Å². The molecule has 0 atom stereocenters. The summed E-state index contributed by atoms with van der Waals surface area (Å²) in [5.74, 6) is 0.966. The molecule has 0 aliphatic carbocycles. The van der Waals surface area contributed by atoms with Crippen molar-refractivity contribution in [1.29, 1.82) is 0 Å². The minimum atomic E-state index is -0.192. The molecule has 1 aromatic carbocycles. The highest BCUT2D eigenvalue weighted by molar-refractivity contribution is 5.86. The van der Waals surface area contributed by atoms with Crippen LogP contribution in [0.15, 0.2) is 24.3 Å². The van der Waals surface area contributed by atoms with Gasteiger partial charge in [0, 0.05) is 25.7 Å². The van der Waals surface area contributed by atoms with Crippen molar-refractivity contribution in [3.05, 3.63) is 29.8 Å². The quantitative estimate of drug-likeness (QED) is 0.630. The number of nitrogens with one attached hydrogen (secondary N) is 1. The van der Waals surface area contributed by atoms with E-state index in [0.29, 0.717) is 49.1 Å². The topological polar surface area (TPSA) is 118 Å². The van der Waals surface area contributed by atoms with E-state index < -0.39 is 0 Å². The number of morpholine rings is 1. The van der Waals surface area contributed by atoms with Crippen LogP contribution in [0.1, 0.15) is 5.56 Å². The predicted octanol–water partition coefficient (Wildman–Crippen LogP) is -0.0368. The van der Waals surface area contributed by atoms with Gasteiger partial charge in [0.05, 0.1) is 19.8 Å². The third-order valence-electron chi connectivity index (χ3n) is 4.59. The molecule has 3 aromatic rings. The van der Waals surface area contributed by atoms with Gasteiger partial charge in [0.15, 0.2) is 22.8 Å². The van der Waals surface area contributed by atoms with Gasteiger partial charge in [0.25, 0.3) is 0 Å². The first-order chi connectivity index (χ1) is 13.7. The third kappa shape index (κ3) is 3.51. The Morgan fingerprint density at radius 3 is 2.86 bits per heavy atom. The van der Waals surface area contributed by atoms with Crippen LogP contribution in [0.2, 0.25) is 0 Å². The van der Waals surface area contributed by atoms with E-state index >= 15 is 0 Å². The van der Waals surface area contributed by atoms with Crippen LogP contribution in [0.25, 0.3) is 22.6 Å².